The number of anilines is 2. The SMILES string of the molecule is Cc1c(Cl)cccc1-n1ncc2c1NC(=O)CC21C(=O)Nc2ccccc21. The highest BCUT2D eigenvalue weighted by Crippen LogP contribution is 2.50. The number of aromatic nitrogens is 2. The first-order valence-corrected chi connectivity index (χ1v) is 8.95. The molecule has 0 aliphatic carbocycles. The summed E-state index contributed by atoms with van der Waals surface area (Å²) < 4.78 is 1.64. The van der Waals surface area contributed by atoms with E-state index in [9.17, 15) is 9.59 Å². The number of carbonyl (C=O) groups excluding carboxylic acids is 2. The Labute approximate surface area is 160 Å². The fraction of sp³-hybridized carbons (Fsp3) is 0.150. The van der Waals surface area contributed by atoms with E-state index in [1.165, 1.54) is 0 Å². The Morgan fingerprint density at radius 3 is 2.74 bits per heavy atom. The lowest BCUT2D eigenvalue weighted by molar-refractivity contribution is -0.125. The van der Waals surface area contributed by atoms with Gasteiger partial charge in [0.1, 0.15) is 11.2 Å². The number of halogens is 1. The number of nitrogens with one attached hydrogen (secondary N) is 2. The Morgan fingerprint density at radius 1 is 1.07 bits per heavy atom. The van der Waals surface area contributed by atoms with Crippen molar-refractivity contribution in [3.05, 3.63) is 70.4 Å². The summed E-state index contributed by atoms with van der Waals surface area (Å²) in [6, 6.07) is 13.0. The van der Waals surface area contributed by atoms with E-state index in [4.69, 9.17) is 11.6 Å². The largest absolute Gasteiger partial charge is 0.325 e. The molecule has 1 spiro atoms. The third-order valence-electron chi connectivity index (χ3n) is 5.40. The maximum absolute atomic E-state index is 13.0. The van der Waals surface area contributed by atoms with Gasteiger partial charge in [0.15, 0.2) is 0 Å². The molecule has 0 fully saturated rings. The molecule has 2 aliphatic rings. The lowest BCUT2D eigenvalue weighted by Crippen LogP contribution is -2.43. The smallest absolute Gasteiger partial charge is 0.240 e. The topological polar surface area (TPSA) is 76.0 Å². The van der Waals surface area contributed by atoms with Crippen molar-refractivity contribution >= 4 is 34.9 Å². The van der Waals surface area contributed by atoms with Crippen LogP contribution in [0.2, 0.25) is 5.02 Å². The van der Waals surface area contributed by atoms with Crippen LogP contribution in [0.15, 0.2) is 48.7 Å². The average molecular weight is 379 g/mol. The number of para-hydroxylation sites is 1. The minimum absolute atomic E-state index is 0.0447. The van der Waals surface area contributed by atoms with Crippen LogP contribution in [0.4, 0.5) is 11.5 Å². The molecule has 7 heteroatoms. The Morgan fingerprint density at radius 2 is 1.89 bits per heavy atom. The molecule has 2 amide bonds. The second-order valence-electron chi connectivity index (χ2n) is 6.83. The highest BCUT2D eigenvalue weighted by Gasteiger charge is 2.54. The summed E-state index contributed by atoms with van der Waals surface area (Å²) in [5.41, 5.74) is 2.74. The minimum atomic E-state index is -1.07. The third-order valence-corrected chi connectivity index (χ3v) is 5.81. The third kappa shape index (κ3) is 2.04. The minimum Gasteiger partial charge on any atom is -0.325 e. The van der Waals surface area contributed by atoms with E-state index >= 15 is 0 Å². The van der Waals surface area contributed by atoms with Gasteiger partial charge in [0, 0.05) is 22.7 Å². The number of rotatable bonds is 1. The molecule has 134 valence electrons. The molecule has 0 radical (unpaired) electrons. The van der Waals surface area contributed by atoms with Crippen LogP contribution in [-0.4, -0.2) is 21.6 Å². The van der Waals surface area contributed by atoms with E-state index in [1.807, 2.05) is 43.3 Å². The molecule has 3 heterocycles. The maximum Gasteiger partial charge on any atom is 0.240 e. The van der Waals surface area contributed by atoms with Crippen LogP contribution >= 0.6 is 11.6 Å². The molecular formula is C20H15ClN4O2. The predicted molar refractivity (Wildman–Crippen MR) is 102 cm³/mol. The standard InChI is InChI=1S/C20H15ClN4O2/c1-11-14(21)6-4-8-16(11)25-18-13(10-22-25)20(9-17(26)24-18)12-5-2-3-7-15(12)23-19(20)27/h2-8,10H,9H2,1H3,(H,23,27)(H,24,26). The molecule has 0 saturated heterocycles. The fourth-order valence-electron chi connectivity index (χ4n) is 4.06. The van der Waals surface area contributed by atoms with Gasteiger partial charge in [-0.1, -0.05) is 35.9 Å². The molecule has 1 unspecified atom stereocenters. The van der Waals surface area contributed by atoms with E-state index in [0.717, 1.165) is 22.5 Å². The van der Waals surface area contributed by atoms with E-state index in [-0.39, 0.29) is 18.2 Å². The van der Waals surface area contributed by atoms with Gasteiger partial charge in [-0.2, -0.15) is 5.10 Å². The normalized spacial score (nSPS) is 20.2. The molecule has 1 aromatic heterocycles. The van der Waals surface area contributed by atoms with Crippen molar-refractivity contribution in [2.45, 2.75) is 18.8 Å². The molecule has 0 bridgehead atoms. The summed E-state index contributed by atoms with van der Waals surface area (Å²) >= 11 is 6.26. The maximum atomic E-state index is 13.0. The number of fused-ring (bicyclic) bond motifs is 4. The van der Waals surface area contributed by atoms with Crippen LogP contribution in [0.25, 0.3) is 5.69 Å². The van der Waals surface area contributed by atoms with E-state index < -0.39 is 5.41 Å². The van der Waals surface area contributed by atoms with Gasteiger partial charge in [-0.25, -0.2) is 4.68 Å². The predicted octanol–water partition coefficient (Wildman–Crippen LogP) is 3.41. The average Bonchev–Trinajstić information content (AvgIpc) is 3.18. The van der Waals surface area contributed by atoms with Gasteiger partial charge in [-0.3, -0.25) is 9.59 Å². The zero-order valence-electron chi connectivity index (χ0n) is 14.4. The van der Waals surface area contributed by atoms with Crippen molar-refractivity contribution in [2.75, 3.05) is 10.6 Å². The van der Waals surface area contributed by atoms with E-state index in [0.29, 0.717) is 16.4 Å². The summed E-state index contributed by atoms with van der Waals surface area (Å²) in [4.78, 5) is 25.7. The fourth-order valence-corrected chi connectivity index (χ4v) is 4.23. The van der Waals surface area contributed by atoms with Gasteiger partial charge in [0.25, 0.3) is 0 Å². The molecule has 0 saturated carbocycles. The zero-order chi connectivity index (χ0) is 18.8. The van der Waals surface area contributed by atoms with Crippen LogP contribution in [-0.2, 0) is 15.0 Å². The monoisotopic (exact) mass is 378 g/mol. The van der Waals surface area contributed by atoms with Gasteiger partial charge in [-0.05, 0) is 36.2 Å². The number of benzene rings is 2. The molecule has 6 nitrogen and oxygen atoms in total. The summed E-state index contributed by atoms with van der Waals surface area (Å²) in [5, 5.41) is 10.9. The highest BCUT2D eigenvalue weighted by molar-refractivity contribution is 6.31. The molecule has 2 aliphatic heterocycles. The molecule has 5 rings (SSSR count). The molecule has 2 N–H and O–H groups in total. The van der Waals surface area contributed by atoms with Crippen molar-refractivity contribution in [1.29, 1.82) is 0 Å². The molecular weight excluding hydrogens is 364 g/mol. The Hall–Kier alpha value is -3.12. The van der Waals surface area contributed by atoms with Gasteiger partial charge in [0.2, 0.25) is 11.8 Å². The molecule has 2 aromatic carbocycles. The first-order valence-electron chi connectivity index (χ1n) is 8.57. The quantitative estimate of drug-likeness (QED) is 0.681. The number of hydrogen-bond donors (Lipinski definition) is 2. The van der Waals surface area contributed by atoms with E-state index in [1.54, 1.807) is 16.9 Å². The molecule has 27 heavy (non-hydrogen) atoms. The second kappa shape index (κ2) is 5.44. The van der Waals surface area contributed by atoms with Crippen molar-refractivity contribution in [1.82, 2.24) is 9.78 Å². The summed E-state index contributed by atoms with van der Waals surface area (Å²) in [7, 11) is 0. The molecule has 1 atom stereocenters. The molecule has 3 aromatic rings. The Kier molecular flexibility index (Phi) is 3.24. The first kappa shape index (κ1) is 16.1. The van der Waals surface area contributed by atoms with Crippen molar-refractivity contribution < 1.29 is 9.59 Å². The van der Waals surface area contributed by atoms with E-state index in [2.05, 4.69) is 15.7 Å². The van der Waals surface area contributed by atoms with Crippen LogP contribution in [0.5, 0.6) is 0 Å². The second-order valence-corrected chi connectivity index (χ2v) is 7.24. The number of amides is 2. The highest BCUT2D eigenvalue weighted by atomic mass is 35.5. The van der Waals surface area contributed by atoms with Gasteiger partial charge < -0.3 is 10.6 Å². The first-order chi connectivity index (χ1) is 13.0. The lowest BCUT2D eigenvalue weighted by Gasteiger charge is -2.31. The number of nitrogens with zero attached hydrogens (tertiary/aromatic N) is 2. The van der Waals surface area contributed by atoms with Crippen LogP contribution in [0.1, 0.15) is 23.1 Å². The van der Waals surface area contributed by atoms with Gasteiger partial charge >= 0.3 is 0 Å². The van der Waals surface area contributed by atoms with Gasteiger partial charge in [0.05, 0.1) is 11.9 Å². The van der Waals surface area contributed by atoms with Gasteiger partial charge in [-0.15, -0.1) is 0 Å². The van der Waals surface area contributed by atoms with Crippen LogP contribution in [0.3, 0.4) is 0 Å². The zero-order valence-corrected chi connectivity index (χ0v) is 15.2. The number of hydrogen-bond acceptors (Lipinski definition) is 3. The van der Waals surface area contributed by atoms with Crippen molar-refractivity contribution in [2.24, 2.45) is 0 Å². The summed E-state index contributed by atoms with van der Waals surface area (Å²) in [6.45, 7) is 1.89. The summed E-state index contributed by atoms with van der Waals surface area (Å²) in [5.74, 6) is 0.0708. The van der Waals surface area contributed by atoms with Crippen LogP contribution < -0.4 is 10.6 Å². The van der Waals surface area contributed by atoms with Crippen molar-refractivity contribution in [3.8, 4) is 5.69 Å². The van der Waals surface area contributed by atoms with Crippen molar-refractivity contribution in [3.63, 3.8) is 0 Å². The Balaban J connectivity index is 1.78. The van der Waals surface area contributed by atoms with Crippen LogP contribution in [0, 0.1) is 6.92 Å². The number of carbonyl (C=O) groups is 2. The lowest BCUT2D eigenvalue weighted by atomic mass is 9.72. The summed E-state index contributed by atoms with van der Waals surface area (Å²) in [6.07, 6.45) is 1.71. The Bertz CT molecular complexity index is 1140.